The molecule has 2 heterocycles. The van der Waals surface area contributed by atoms with Crippen LogP contribution in [0.4, 0.5) is 11.5 Å². The van der Waals surface area contributed by atoms with Crippen LogP contribution in [-0.4, -0.2) is 34.2 Å². The predicted molar refractivity (Wildman–Crippen MR) is 119 cm³/mol. The molecule has 0 radical (unpaired) electrons. The van der Waals surface area contributed by atoms with Crippen molar-refractivity contribution in [3.8, 4) is 0 Å². The number of anilines is 2. The van der Waals surface area contributed by atoms with E-state index in [2.05, 4.69) is 44.7 Å². The number of amides is 1. The molecule has 1 aromatic heterocycles. The molecule has 1 aliphatic heterocycles. The van der Waals surface area contributed by atoms with Crippen molar-refractivity contribution < 1.29 is 9.59 Å². The molecule has 1 amide bonds. The molecule has 2 aromatic carbocycles. The van der Waals surface area contributed by atoms with Crippen molar-refractivity contribution in [2.45, 2.75) is 24.9 Å². The van der Waals surface area contributed by atoms with Crippen molar-refractivity contribution in [1.29, 1.82) is 0 Å². The number of ketones is 1. The van der Waals surface area contributed by atoms with Crippen LogP contribution < -0.4 is 10.2 Å². The summed E-state index contributed by atoms with van der Waals surface area (Å²) in [4.78, 5) is 25.9. The van der Waals surface area contributed by atoms with Crippen LogP contribution in [0.1, 0.15) is 28.4 Å². The number of benzene rings is 2. The number of carbonyl (C=O) groups excluding carboxylic acids is 2. The van der Waals surface area contributed by atoms with E-state index < -0.39 is 0 Å². The van der Waals surface area contributed by atoms with Crippen molar-refractivity contribution >= 4 is 35.0 Å². The monoisotopic (exact) mass is 418 g/mol. The number of aromatic nitrogens is 2. The molecule has 3 aromatic rings. The molecule has 1 aliphatic rings. The topological polar surface area (TPSA) is 75.2 Å². The molecule has 0 fully saturated rings. The van der Waals surface area contributed by atoms with Gasteiger partial charge in [-0.05, 0) is 48.7 Å². The summed E-state index contributed by atoms with van der Waals surface area (Å²) in [5.74, 6) is 0.877. The number of thioether (sulfide) groups is 1. The van der Waals surface area contributed by atoms with Crippen LogP contribution in [0.5, 0.6) is 0 Å². The second-order valence-corrected chi connectivity index (χ2v) is 8.14. The minimum Gasteiger partial charge on any atom is -0.350 e. The fourth-order valence-electron chi connectivity index (χ4n) is 3.40. The molecule has 0 saturated heterocycles. The minimum absolute atomic E-state index is 0.0342. The van der Waals surface area contributed by atoms with Gasteiger partial charge < -0.3 is 10.2 Å². The molecular weight excluding hydrogens is 396 g/mol. The van der Waals surface area contributed by atoms with E-state index in [1.54, 1.807) is 24.3 Å². The fourth-order valence-corrected chi connectivity index (χ4v) is 4.02. The van der Waals surface area contributed by atoms with Crippen molar-refractivity contribution in [1.82, 2.24) is 10.2 Å². The molecule has 7 heteroatoms. The van der Waals surface area contributed by atoms with Crippen molar-refractivity contribution in [2.24, 2.45) is 0 Å². The van der Waals surface area contributed by atoms with Crippen molar-refractivity contribution in [2.75, 3.05) is 22.5 Å². The van der Waals surface area contributed by atoms with E-state index in [0.29, 0.717) is 16.3 Å². The highest BCUT2D eigenvalue weighted by atomic mass is 32.2. The third kappa shape index (κ3) is 4.86. The largest absolute Gasteiger partial charge is 0.350 e. The number of hydrogen-bond acceptors (Lipinski definition) is 6. The van der Waals surface area contributed by atoms with E-state index in [1.165, 1.54) is 29.8 Å². The quantitative estimate of drug-likeness (QED) is 0.482. The van der Waals surface area contributed by atoms with E-state index in [4.69, 9.17) is 0 Å². The molecule has 0 bridgehead atoms. The summed E-state index contributed by atoms with van der Waals surface area (Å²) in [5, 5.41) is 12.1. The number of hydrogen-bond donors (Lipinski definition) is 1. The average Bonchev–Trinajstić information content (AvgIpc) is 2.78. The van der Waals surface area contributed by atoms with Crippen LogP contribution in [-0.2, 0) is 17.8 Å². The van der Waals surface area contributed by atoms with Gasteiger partial charge >= 0.3 is 0 Å². The Morgan fingerprint density at radius 1 is 1.03 bits per heavy atom. The highest BCUT2D eigenvalue weighted by Crippen LogP contribution is 2.24. The third-order valence-electron chi connectivity index (χ3n) is 4.98. The first kappa shape index (κ1) is 20.1. The lowest BCUT2D eigenvalue weighted by Gasteiger charge is -2.29. The van der Waals surface area contributed by atoms with Crippen LogP contribution in [0.15, 0.2) is 65.7 Å². The van der Waals surface area contributed by atoms with E-state index in [0.717, 1.165) is 25.3 Å². The van der Waals surface area contributed by atoms with E-state index in [-0.39, 0.29) is 17.4 Å². The first-order chi connectivity index (χ1) is 14.6. The highest BCUT2D eigenvalue weighted by Gasteiger charge is 2.17. The normalized spacial score (nSPS) is 12.9. The second-order valence-electron chi connectivity index (χ2n) is 7.14. The van der Waals surface area contributed by atoms with Crippen molar-refractivity contribution in [3.05, 3.63) is 77.4 Å². The van der Waals surface area contributed by atoms with E-state index >= 15 is 0 Å². The Morgan fingerprint density at radius 3 is 2.63 bits per heavy atom. The minimum atomic E-state index is -0.154. The van der Waals surface area contributed by atoms with Crippen LogP contribution in [0.2, 0.25) is 0 Å². The lowest BCUT2D eigenvalue weighted by atomic mass is 10.00. The molecule has 0 atom stereocenters. The number of nitrogens with zero attached hydrogens (tertiary/aromatic N) is 3. The van der Waals surface area contributed by atoms with Crippen molar-refractivity contribution in [3.63, 3.8) is 0 Å². The first-order valence-electron chi connectivity index (χ1n) is 9.77. The van der Waals surface area contributed by atoms with Gasteiger partial charge in [0.25, 0.3) is 0 Å². The van der Waals surface area contributed by atoms with E-state index in [1.807, 2.05) is 12.1 Å². The zero-order valence-corrected chi connectivity index (χ0v) is 17.5. The Balaban J connectivity index is 1.31. The molecule has 6 nitrogen and oxygen atoms in total. The molecular formula is C23H22N4O2S. The van der Waals surface area contributed by atoms with Gasteiger partial charge in [0.05, 0.1) is 5.75 Å². The molecule has 152 valence electrons. The third-order valence-corrected chi connectivity index (χ3v) is 5.90. The standard InChI is InChI=1S/C23H22N4O2S/c1-16(28)18-7-4-8-20(13-18)24-22(29)15-30-23-10-9-21(25-26-23)27-12-11-17-5-2-3-6-19(17)14-27/h2-10,13H,11-12,14-15H2,1H3,(H,24,29). The van der Waals surface area contributed by atoms with Crippen LogP contribution >= 0.6 is 11.8 Å². The number of carbonyl (C=O) groups is 2. The van der Waals surface area contributed by atoms with Gasteiger partial charge in [-0.3, -0.25) is 9.59 Å². The molecule has 30 heavy (non-hydrogen) atoms. The molecule has 0 aliphatic carbocycles. The number of Topliss-reactive ketones (excluding diaryl/α,β-unsaturated/α-hetero) is 1. The summed E-state index contributed by atoms with van der Waals surface area (Å²) >= 11 is 1.33. The number of rotatable bonds is 6. The smallest absolute Gasteiger partial charge is 0.234 e. The number of fused-ring (bicyclic) bond motifs is 1. The van der Waals surface area contributed by atoms with E-state index in [9.17, 15) is 9.59 Å². The Labute approximate surface area is 179 Å². The van der Waals surface area contributed by atoms with Crippen LogP contribution in [0, 0.1) is 0 Å². The summed E-state index contributed by atoms with van der Waals surface area (Å²) < 4.78 is 0. The lowest BCUT2D eigenvalue weighted by molar-refractivity contribution is -0.113. The van der Waals surface area contributed by atoms with Gasteiger partial charge in [0.2, 0.25) is 5.91 Å². The zero-order valence-electron chi connectivity index (χ0n) is 16.7. The summed E-state index contributed by atoms with van der Waals surface area (Å²) in [6.07, 6.45) is 0.999. The second kappa shape index (κ2) is 9.09. The first-order valence-corrected chi connectivity index (χ1v) is 10.8. The van der Waals surface area contributed by atoms with Gasteiger partial charge in [-0.15, -0.1) is 10.2 Å². The predicted octanol–water partition coefficient (Wildman–Crippen LogP) is 3.97. The SMILES string of the molecule is CC(=O)c1cccc(NC(=O)CSc2ccc(N3CCc4ccccc4C3)nn2)c1. The van der Waals surface area contributed by atoms with Gasteiger partial charge in [-0.1, -0.05) is 48.2 Å². The molecule has 1 N–H and O–H groups in total. The summed E-state index contributed by atoms with van der Waals surface area (Å²) in [6, 6.07) is 19.3. The Kier molecular flexibility index (Phi) is 6.09. The molecule has 4 rings (SSSR count). The maximum atomic E-state index is 12.2. The maximum Gasteiger partial charge on any atom is 0.234 e. The van der Waals surface area contributed by atoms with Crippen LogP contribution in [0.3, 0.4) is 0 Å². The van der Waals surface area contributed by atoms with Gasteiger partial charge in [-0.2, -0.15) is 0 Å². The molecule has 0 saturated carbocycles. The lowest BCUT2D eigenvalue weighted by Crippen LogP contribution is -2.31. The molecule has 0 spiro atoms. The Bertz CT molecular complexity index is 1070. The van der Waals surface area contributed by atoms with Crippen LogP contribution in [0.25, 0.3) is 0 Å². The Hall–Kier alpha value is -3.19. The maximum absolute atomic E-state index is 12.2. The summed E-state index contributed by atoms with van der Waals surface area (Å²) in [6.45, 7) is 3.25. The summed E-state index contributed by atoms with van der Waals surface area (Å²) in [5.41, 5.74) is 3.91. The fraction of sp³-hybridized carbons (Fsp3) is 0.217. The van der Waals surface area contributed by atoms with Gasteiger partial charge in [0, 0.05) is 24.3 Å². The average molecular weight is 419 g/mol. The Morgan fingerprint density at radius 2 is 1.87 bits per heavy atom. The number of nitrogens with one attached hydrogen (secondary N) is 1. The zero-order chi connectivity index (χ0) is 20.9. The summed E-state index contributed by atoms with van der Waals surface area (Å²) in [7, 11) is 0. The van der Waals surface area contributed by atoms with Gasteiger partial charge in [-0.25, -0.2) is 0 Å². The molecule has 0 unspecified atom stereocenters. The van der Waals surface area contributed by atoms with Gasteiger partial charge in [0.15, 0.2) is 11.6 Å². The van der Waals surface area contributed by atoms with Gasteiger partial charge in [0.1, 0.15) is 5.03 Å². The highest BCUT2D eigenvalue weighted by molar-refractivity contribution is 7.99.